The number of halogens is 2. The molecule has 21 heavy (non-hydrogen) atoms. The maximum atomic E-state index is 10.8. The number of rotatable bonds is 7. The Kier molecular flexibility index (Phi) is 5.45. The van der Waals surface area contributed by atoms with E-state index >= 15 is 0 Å². The van der Waals surface area contributed by atoms with E-state index in [9.17, 15) is 4.79 Å². The number of aliphatic hydroxyl groups is 1. The van der Waals surface area contributed by atoms with Gasteiger partial charge in [0.1, 0.15) is 5.82 Å². The topological polar surface area (TPSA) is 75.3 Å². The number of hydrogen-bond acceptors (Lipinski definition) is 3. The first-order valence-corrected chi connectivity index (χ1v) is 7.45. The van der Waals surface area contributed by atoms with Gasteiger partial charge in [-0.2, -0.15) is 0 Å². The van der Waals surface area contributed by atoms with Crippen LogP contribution in [0.5, 0.6) is 0 Å². The van der Waals surface area contributed by atoms with E-state index in [1.165, 1.54) is 0 Å². The van der Waals surface area contributed by atoms with Crippen molar-refractivity contribution in [3.8, 4) is 0 Å². The fourth-order valence-corrected chi connectivity index (χ4v) is 2.53. The molecular formula is C14H16Cl2N2O3. The highest BCUT2D eigenvalue weighted by Crippen LogP contribution is 2.29. The Hall–Kier alpha value is -1.30. The van der Waals surface area contributed by atoms with E-state index in [0.29, 0.717) is 34.9 Å². The lowest BCUT2D eigenvalue weighted by Crippen LogP contribution is -2.08. The number of hydrogen-bond donors (Lipinski definition) is 2. The van der Waals surface area contributed by atoms with Gasteiger partial charge in [0.2, 0.25) is 0 Å². The average molecular weight is 331 g/mol. The average Bonchev–Trinajstić information content (AvgIpc) is 2.74. The number of aliphatic hydroxyl groups excluding tert-OH is 1. The van der Waals surface area contributed by atoms with Crippen molar-refractivity contribution in [2.45, 2.75) is 32.2 Å². The molecule has 1 aromatic carbocycles. The highest BCUT2D eigenvalue weighted by atomic mass is 35.5. The monoisotopic (exact) mass is 330 g/mol. The Morgan fingerprint density at radius 3 is 2.62 bits per heavy atom. The molecule has 0 amide bonds. The number of carbonyl (C=O) groups is 1. The maximum Gasteiger partial charge on any atom is 0.305 e. The predicted octanol–water partition coefficient (Wildman–Crippen LogP) is 3.13. The van der Waals surface area contributed by atoms with Gasteiger partial charge < -0.3 is 14.8 Å². The van der Waals surface area contributed by atoms with Crippen molar-refractivity contribution in [2.24, 2.45) is 0 Å². The summed E-state index contributed by atoms with van der Waals surface area (Å²) >= 11 is 12.0. The van der Waals surface area contributed by atoms with E-state index in [-0.39, 0.29) is 13.0 Å². The van der Waals surface area contributed by atoms with Crippen molar-refractivity contribution < 1.29 is 15.0 Å². The van der Waals surface area contributed by atoms with Gasteiger partial charge in [-0.25, -0.2) is 4.98 Å². The zero-order chi connectivity index (χ0) is 15.4. The number of imidazole rings is 1. The van der Waals surface area contributed by atoms with Crippen LogP contribution in [-0.2, 0) is 17.8 Å². The van der Waals surface area contributed by atoms with Gasteiger partial charge in [-0.1, -0.05) is 23.2 Å². The molecular weight excluding hydrogens is 315 g/mol. The number of fused-ring (bicyclic) bond motifs is 1. The summed E-state index contributed by atoms with van der Waals surface area (Å²) < 4.78 is 1.86. The Labute approximate surface area is 132 Å². The molecule has 1 aromatic heterocycles. The normalized spacial score (nSPS) is 11.2. The summed E-state index contributed by atoms with van der Waals surface area (Å²) in [6, 6.07) is 3.40. The van der Waals surface area contributed by atoms with Crippen LogP contribution in [0.25, 0.3) is 11.0 Å². The van der Waals surface area contributed by atoms with Crippen molar-refractivity contribution in [1.82, 2.24) is 9.55 Å². The lowest BCUT2D eigenvalue weighted by atomic mass is 10.2. The molecule has 0 spiro atoms. The summed E-state index contributed by atoms with van der Waals surface area (Å²) in [5.41, 5.74) is 1.48. The van der Waals surface area contributed by atoms with Crippen LogP contribution in [0.1, 0.15) is 25.1 Å². The zero-order valence-electron chi connectivity index (χ0n) is 11.4. The Morgan fingerprint density at radius 1 is 1.24 bits per heavy atom. The maximum absolute atomic E-state index is 10.8. The SMILES string of the molecule is O=C(O)CCn1c(CCCCO)nc2cc(Cl)c(Cl)cc21. The van der Waals surface area contributed by atoms with Crippen LogP contribution in [0, 0.1) is 0 Å². The van der Waals surface area contributed by atoms with E-state index in [0.717, 1.165) is 17.8 Å². The molecule has 0 unspecified atom stereocenters. The van der Waals surface area contributed by atoms with Crippen molar-refractivity contribution in [3.63, 3.8) is 0 Å². The van der Waals surface area contributed by atoms with E-state index in [1.54, 1.807) is 12.1 Å². The molecule has 0 fully saturated rings. The summed E-state index contributed by atoms with van der Waals surface area (Å²) in [7, 11) is 0. The Morgan fingerprint density at radius 2 is 1.95 bits per heavy atom. The molecule has 7 heteroatoms. The van der Waals surface area contributed by atoms with Crippen LogP contribution in [0.2, 0.25) is 10.0 Å². The number of carboxylic acid groups (broad SMARTS) is 1. The number of aromatic nitrogens is 2. The van der Waals surface area contributed by atoms with E-state index in [4.69, 9.17) is 33.4 Å². The Balaban J connectivity index is 2.39. The predicted molar refractivity (Wildman–Crippen MR) is 82.0 cm³/mol. The van der Waals surface area contributed by atoms with Gasteiger partial charge in [0.25, 0.3) is 0 Å². The van der Waals surface area contributed by atoms with Gasteiger partial charge in [0, 0.05) is 19.6 Å². The molecule has 0 aliphatic carbocycles. The molecule has 0 saturated heterocycles. The highest BCUT2D eigenvalue weighted by Gasteiger charge is 2.13. The largest absolute Gasteiger partial charge is 0.481 e. The summed E-state index contributed by atoms with van der Waals surface area (Å²) in [6.07, 6.45) is 2.15. The van der Waals surface area contributed by atoms with Crippen LogP contribution in [0.3, 0.4) is 0 Å². The lowest BCUT2D eigenvalue weighted by Gasteiger charge is -2.08. The van der Waals surface area contributed by atoms with Crippen LogP contribution in [-0.4, -0.2) is 32.3 Å². The molecule has 0 bridgehead atoms. The van der Waals surface area contributed by atoms with Crippen molar-refractivity contribution in [1.29, 1.82) is 0 Å². The summed E-state index contributed by atoms with van der Waals surface area (Å²) in [5, 5.41) is 18.6. The fraction of sp³-hybridized carbons (Fsp3) is 0.429. The Bertz CT molecular complexity index is 655. The molecule has 0 radical (unpaired) electrons. The molecule has 114 valence electrons. The molecule has 0 atom stereocenters. The van der Waals surface area contributed by atoms with Gasteiger partial charge in [-0.05, 0) is 25.0 Å². The minimum Gasteiger partial charge on any atom is -0.481 e. The van der Waals surface area contributed by atoms with Crippen molar-refractivity contribution in [2.75, 3.05) is 6.61 Å². The second kappa shape index (κ2) is 7.11. The van der Waals surface area contributed by atoms with E-state index < -0.39 is 5.97 Å². The van der Waals surface area contributed by atoms with Crippen molar-refractivity contribution in [3.05, 3.63) is 28.0 Å². The van der Waals surface area contributed by atoms with Gasteiger partial charge in [-0.3, -0.25) is 4.79 Å². The number of aliphatic carboxylic acids is 1. The number of aryl methyl sites for hydroxylation is 2. The molecule has 1 heterocycles. The molecule has 2 N–H and O–H groups in total. The van der Waals surface area contributed by atoms with Crippen LogP contribution >= 0.6 is 23.2 Å². The smallest absolute Gasteiger partial charge is 0.305 e. The van der Waals surface area contributed by atoms with E-state index in [1.807, 2.05) is 4.57 Å². The molecule has 2 aromatic rings. The van der Waals surface area contributed by atoms with Gasteiger partial charge >= 0.3 is 5.97 Å². The standard InChI is InChI=1S/C14H16Cl2N2O3/c15-9-7-11-12(8-10(9)16)18(5-4-14(20)21)13(17-11)3-1-2-6-19/h7-8,19H,1-6H2,(H,20,21). The number of nitrogens with zero attached hydrogens (tertiary/aromatic N) is 2. The molecule has 2 rings (SSSR count). The second-order valence-electron chi connectivity index (χ2n) is 4.76. The van der Waals surface area contributed by atoms with Crippen LogP contribution in [0.4, 0.5) is 0 Å². The third-order valence-electron chi connectivity index (χ3n) is 3.23. The summed E-state index contributed by atoms with van der Waals surface area (Å²) in [5.74, 6) is -0.0729. The van der Waals surface area contributed by atoms with Gasteiger partial charge in [0.15, 0.2) is 0 Å². The minimum atomic E-state index is -0.863. The van der Waals surface area contributed by atoms with Gasteiger partial charge in [0.05, 0.1) is 27.5 Å². The molecule has 0 aliphatic rings. The molecule has 0 aliphatic heterocycles. The number of carboxylic acids is 1. The third-order valence-corrected chi connectivity index (χ3v) is 3.95. The van der Waals surface area contributed by atoms with E-state index in [2.05, 4.69) is 4.98 Å². The molecule has 0 saturated carbocycles. The summed E-state index contributed by atoms with van der Waals surface area (Å²) in [4.78, 5) is 15.3. The molecule has 5 nitrogen and oxygen atoms in total. The number of unbranched alkanes of at least 4 members (excludes halogenated alkanes) is 1. The lowest BCUT2D eigenvalue weighted by molar-refractivity contribution is -0.137. The third kappa shape index (κ3) is 3.87. The second-order valence-corrected chi connectivity index (χ2v) is 5.57. The highest BCUT2D eigenvalue weighted by molar-refractivity contribution is 6.42. The zero-order valence-corrected chi connectivity index (χ0v) is 12.9. The minimum absolute atomic E-state index is 0.0126. The van der Waals surface area contributed by atoms with Gasteiger partial charge in [-0.15, -0.1) is 0 Å². The first kappa shape index (κ1) is 16.1. The van der Waals surface area contributed by atoms with Crippen molar-refractivity contribution >= 4 is 40.2 Å². The summed E-state index contributed by atoms with van der Waals surface area (Å²) in [6.45, 7) is 0.464. The number of benzene rings is 1. The first-order valence-electron chi connectivity index (χ1n) is 6.69. The first-order chi connectivity index (χ1) is 10.0. The quantitative estimate of drug-likeness (QED) is 0.765. The van der Waals surface area contributed by atoms with Crippen LogP contribution in [0.15, 0.2) is 12.1 Å². The van der Waals surface area contributed by atoms with Crippen LogP contribution < -0.4 is 0 Å². The fourth-order valence-electron chi connectivity index (χ4n) is 2.21.